The molecule has 1 N–H and O–H groups in total. The molecule has 4 heteroatoms. The molecule has 1 aliphatic rings. The van der Waals surface area contributed by atoms with Crippen molar-refractivity contribution in [3.8, 4) is 0 Å². The number of nitrogens with zero attached hydrogens (tertiary/aromatic N) is 2. The molecule has 1 aliphatic heterocycles. The van der Waals surface area contributed by atoms with Gasteiger partial charge in [0.25, 0.3) is 0 Å². The first-order valence-electron chi connectivity index (χ1n) is 10.8. The molecule has 0 saturated heterocycles. The van der Waals surface area contributed by atoms with Gasteiger partial charge in [0.1, 0.15) is 5.84 Å². The van der Waals surface area contributed by atoms with Crippen LogP contribution in [0.5, 0.6) is 0 Å². The number of carbonyl (C=O) groups excluding carboxylic acids is 1. The third-order valence-electron chi connectivity index (χ3n) is 5.07. The van der Waals surface area contributed by atoms with Crippen molar-refractivity contribution in [3.63, 3.8) is 0 Å². The highest BCUT2D eigenvalue weighted by atomic mass is 16.1. The summed E-state index contributed by atoms with van der Waals surface area (Å²) >= 11 is 0. The van der Waals surface area contributed by atoms with Gasteiger partial charge in [-0.3, -0.25) is 9.79 Å². The predicted octanol–water partition coefficient (Wildman–Crippen LogP) is 5.27. The van der Waals surface area contributed by atoms with E-state index in [4.69, 9.17) is 0 Å². The second-order valence-electron chi connectivity index (χ2n) is 7.42. The summed E-state index contributed by atoms with van der Waals surface area (Å²) in [6, 6.07) is 0. The maximum Gasteiger partial charge on any atom is 0.221 e. The highest BCUT2D eigenvalue weighted by Gasteiger charge is 2.22. The number of hydrogen-bond donors (Lipinski definition) is 1. The quantitative estimate of drug-likeness (QED) is 0.408. The van der Waals surface area contributed by atoms with Crippen molar-refractivity contribution >= 4 is 11.7 Å². The zero-order valence-corrected chi connectivity index (χ0v) is 17.0. The van der Waals surface area contributed by atoms with Gasteiger partial charge in [-0.25, -0.2) is 0 Å². The summed E-state index contributed by atoms with van der Waals surface area (Å²) in [5.41, 5.74) is 0. The van der Waals surface area contributed by atoms with Crippen LogP contribution in [0.15, 0.2) is 4.99 Å². The Morgan fingerprint density at radius 3 is 2.24 bits per heavy atom. The number of nitrogens with one attached hydrogen (secondary N) is 1. The molecular formula is C21H41N3O. The summed E-state index contributed by atoms with van der Waals surface area (Å²) in [5.74, 6) is 1.37. The Kier molecular flexibility index (Phi) is 12.4. The average molecular weight is 352 g/mol. The van der Waals surface area contributed by atoms with Crippen LogP contribution in [0.3, 0.4) is 0 Å². The van der Waals surface area contributed by atoms with E-state index in [9.17, 15) is 4.79 Å². The molecule has 4 nitrogen and oxygen atoms in total. The molecule has 0 radical (unpaired) electrons. The van der Waals surface area contributed by atoms with Crippen LogP contribution in [0.4, 0.5) is 0 Å². The summed E-state index contributed by atoms with van der Waals surface area (Å²) in [4.78, 5) is 19.0. The topological polar surface area (TPSA) is 44.7 Å². The minimum absolute atomic E-state index is 0.0733. The average Bonchev–Trinajstić information content (AvgIpc) is 3.07. The molecular weight excluding hydrogens is 310 g/mol. The van der Waals surface area contributed by atoms with Crippen LogP contribution in [-0.2, 0) is 4.79 Å². The summed E-state index contributed by atoms with van der Waals surface area (Å²) in [5, 5.41) is 3.16. The minimum Gasteiger partial charge on any atom is -0.338 e. The SMILES string of the molecule is CCCCCCCCCCCC(=O)NC(C)N1CCN=C1CCCC. The number of unbranched alkanes of at least 4 members (excludes halogenated alkanes) is 9. The lowest BCUT2D eigenvalue weighted by atomic mass is 10.1. The van der Waals surface area contributed by atoms with E-state index in [0.29, 0.717) is 6.42 Å². The van der Waals surface area contributed by atoms with Crippen LogP contribution in [0.1, 0.15) is 104 Å². The zero-order valence-electron chi connectivity index (χ0n) is 17.0. The molecule has 146 valence electrons. The van der Waals surface area contributed by atoms with E-state index in [1.807, 2.05) is 0 Å². The standard InChI is InChI=1S/C21H41N3O/c1-4-6-8-9-10-11-12-13-14-16-21(25)23-19(3)24-18-17-22-20(24)15-7-5-2/h19H,4-18H2,1-3H3,(H,23,25). The minimum atomic E-state index is 0.0733. The Morgan fingerprint density at radius 2 is 1.60 bits per heavy atom. The van der Waals surface area contributed by atoms with Crippen molar-refractivity contribution in [1.82, 2.24) is 10.2 Å². The molecule has 1 amide bonds. The van der Waals surface area contributed by atoms with Gasteiger partial charge < -0.3 is 10.2 Å². The molecule has 0 bridgehead atoms. The maximum absolute atomic E-state index is 12.2. The van der Waals surface area contributed by atoms with E-state index >= 15 is 0 Å². The number of aliphatic imine (C=N–C) groups is 1. The first kappa shape index (κ1) is 22.0. The lowest BCUT2D eigenvalue weighted by Gasteiger charge is -2.28. The molecule has 0 aromatic carbocycles. The van der Waals surface area contributed by atoms with Crippen molar-refractivity contribution in [1.29, 1.82) is 0 Å². The van der Waals surface area contributed by atoms with Crippen molar-refractivity contribution < 1.29 is 4.79 Å². The summed E-state index contributed by atoms with van der Waals surface area (Å²) < 4.78 is 0. The van der Waals surface area contributed by atoms with E-state index in [0.717, 1.165) is 25.9 Å². The number of amidine groups is 1. The van der Waals surface area contributed by atoms with E-state index in [-0.39, 0.29) is 12.1 Å². The van der Waals surface area contributed by atoms with Gasteiger partial charge in [0.05, 0.1) is 12.7 Å². The highest BCUT2D eigenvalue weighted by molar-refractivity contribution is 5.84. The number of rotatable bonds is 15. The smallest absolute Gasteiger partial charge is 0.221 e. The normalized spacial score (nSPS) is 15.3. The van der Waals surface area contributed by atoms with Gasteiger partial charge in [0.2, 0.25) is 5.91 Å². The van der Waals surface area contributed by atoms with Gasteiger partial charge in [0, 0.05) is 19.4 Å². The highest BCUT2D eigenvalue weighted by Crippen LogP contribution is 2.13. The van der Waals surface area contributed by atoms with Gasteiger partial charge in [-0.2, -0.15) is 0 Å². The first-order chi connectivity index (χ1) is 12.2. The number of carbonyl (C=O) groups is 1. The molecule has 1 rings (SSSR count). The fourth-order valence-electron chi connectivity index (χ4n) is 3.46. The molecule has 1 unspecified atom stereocenters. The van der Waals surface area contributed by atoms with Crippen LogP contribution in [0, 0.1) is 0 Å². The molecule has 0 aliphatic carbocycles. The molecule has 0 spiro atoms. The third kappa shape index (κ3) is 9.86. The van der Waals surface area contributed by atoms with Gasteiger partial charge in [0.15, 0.2) is 0 Å². The summed E-state index contributed by atoms with van der Waals surface area (Å²) in [6.45, 7) is 8.36. The lowest BCUT2D eigenvalue weighted by Crippen LogP contribution is -2.47. The second kappa shape index (κ2) is 14.1. The first-order valence-corrected chi connectivity index (χ1v) is 10.8. The Balaban J connectivity index is 2.06. The molecule has 0 aromatic heterocycles. The monoisotopic (exact) mass is 351 g/mol. The second-order valence-corrected chi connectivity index (χ2v) is 7.42. The summed E-state index contributed by atoms with van der Waals surface area (Å²) in [7, 11) is 0. The van der Waals surface area contributed by atoms with E-state index in [1.54, 1.807) is 0 Å². The van der Waals surface area contributed by atoms with Crippen molar-refractivity contribution in [3.05, 3.63) is 0 Å². The molecule has 25 heavy (non-hydrogen) atoms. The van der Waals surface area contributed by atoms with Crippen LogP contribution >= 0.6 is 0 Å². The Labute approximate surface area is 155 Å². The maximum atomic E-state index is 12.2. The Hall–Kier alpha value is -1.06. The zero-order chi connectivity index (χ0) is 18.3. The molecule has 0 fully saturated rings. The van der Waals surface area contributed by atoms with Crippen molar-refractivity contribution in [2.75, 3.05) is 13.1 Å². The van der Waals surface area contributed by atoms with E-state index in [2.05, 4.69) is 36.0 Å². The number of amides is 1. The van der Waals surface area contributed by atoms with E-state index in [1.165, 1.54) is 70.0 Å². The summed E-state index contributed by atoms with van der Waals surface area (Å²) in [6.07, 6.45) is 15.7. The number of hydrogen-bond acceptors (Lipinski definition) is 3. The van der Waals surface area contributed by atoms with Crippen LogP contribution in [-0.4, -0.2) is 35.9 Å². The van der Waals surface area contributed by atoms with Crippen LogP contribution in [0.2, 0.25) is 0 Å². The predicted molar refractivity (Wildman–Crippen MR) is 108 cm³/mol. The van der Waals surface area contributed by atoms with Gasteiger partial charge in [-0.15, -0.1) is 0 Å². The third-order valence-corrected chi connectivity index (χ3v) is 5.07. The fourth-order valence-corrected chi connectivity index (χ4v) is 3.46. The molecule has 1 atom stereocenters. The van der Waals surface area contributed by atoms with Crippen molar-refractivity contribution in [2.24, 2.45) is 4.99 Å². The lowest BCUT2D eigenvalue weighted by molar-refractivity contribution is -0.122. The Bertz CT molecular complexity index is 381. The molecule has 0 aromatic rings. The Morgan fingerprint density at radius 1 is 1.00 bits per heavy atom. The van der Waals surface area contributed by atoms with Crippen LogP contribution in [0.25, 0.3) is 0 Å². The van der Waals surface area contributed by atoms with Gasteiger partial charge in [-0.05, 0) is 19.8 Å². The largest absolute Gasteiger partial charge is 0.338 e. The van der Waals surface area contributed by atoms with Gasteiger partial charge >= 0.3 is 0 Å². The van der Waals surface area contributed by atoms with Crippen LogP contribution < -0.4 is 5.32 Å². The fraction of sp³-hybridized carbons (Fsp3) is 0.905. The molecule has 1 heterocycles. The van der Waals surface area contributed by atoms with Crippen molar-refractivity contribution in [2.45, 2.75) is 110 Å². The van der Waals surface area contributed by atoms with Gasteiger partial charge in [-0.1, -0.05) is 71.6 Å². The molecule has 0 saturated carbocycles. The van der Waals surface area contributed by atoms with E-state index < -0.39 is 0 Å².